The summed E-state index contributed by atoms with van der Waals surface area (Å²) in [6.07, 6.45) is 2.80. The Bertz CT molecular complexity index is 667. The van der Waals surface area contributed by atoms with Gasteiger partial charge in [-0.2, -0.15) is 0 Å². The van der Waals surface area contributed by atoms with Gasteiger partial charge in [-0.25, -0.2) is 9.97 Å². The lowest BCUT2D eigenvalue weighted by molar-refractivity contribution is 0.0988. The van der Waals surface area contributed by atoms with Gasteiger partial charge in [0.2, 0.25) is 0 Å². The van der Waals surface area contributed by atoms with E-state index in [1.807, 2.05) is 31.2 Å². The maximum Gasteiger partial charge on any atom is 0.190 e. The maximum absolute atomic E-state index is 12.7. The third-order valence-electron chi connectivity index (χ3n) is 3.59. The molecule has 4 nitrogen and oxygen atoms in total. The first kappa shape index (κ1) is 14.1. The summed E-state index contributed by atoms with van der Waals surface area (Å²) in [5.41, 5.74) is 8.57. The van der Waals surface area contributed by atoms with Crippen LogP contribution in [0.15, 0.2) is 35.5 Å². The zero-order valence-electron chi connectivity index (χ0n) is 11.9. The molecule has 0 fully saturated rings. The average molecular weight is 299 g/mol. The fourth-order valence-corrected chi connectivity index (χ4v) is 3.75. The lowest BCUT2D eigenvalue weighted by atomic mass is 10.0. The second kappa shape index (κ2) is 5.85. The van der Waals surface area contributed by atoms with Crippen LogP contribution in [0.1, 0.15) is 34.5 Å². The van der Waals surface area contributed by atoms with Crippen molar-refractivity contribution in [3.63, 3.8) is 0 Å². The molecule has 1 aliphatic rings. The molecule has 1 aromatic carbocycles. The molecule has 21 heavy (non-hydrogen) atoms. The van der Waals surface area contributed by atoms with Crippen LogP contribution in [0, 0.1) is 6.92 Å². The van der Waals surface area contributed by atoms with Crippen LogP contribution in [-0.2, 0) is 6.42 Å². The van der Waals surface area contributed by atoms with E-state index in [0.717, 1.165) is 36.1 Å². The quantitative estimate of drug-likeness (QED) is 0.682. The highest BCUT2D eigenvalue weighted by Crippen LogP contribution is 2.31. The number of carbonyl (C=O) groups is 1. The second-order valence-electron chi connectivity index (χ2n) is 5.24. The van der Waals surface area contributed by atoms with Crippen LogP contribution in [0.2, 0.25) is 0 Å². The standard InChI is InChI=1S/C16H17N3OS/c1-10-9-14(17)19-16(18-10)21-13-8-4-6-11-5-2-3-7-12(11)15(13)20/h2-3,5,7,9,13H,4,6,8H2,1H3,(H2,17,18,19). The summed E-state index contributed by atoms with van der Waals surface area (Å²) in [4.78, 5) is 21.3. The summed E-state index contributed by atoms with van der Waals surface area (Å²) in [6, 6.07) is 9.60. The molecule has 0 radical (unpaired) electrons. The number of fused-ring (bicyclic) bond motifs is 1. The van der Waals surface area contributed by atoms with Gasteiger partial charge in [-0.1, -0.05) is 36.0 Å². The Morgan fingerprint density at radius 2 is 2.10 bits per heavy atom. The third kappa shape index (κ3) is 3.08. The summed E-state index contributed by atoms with van der Waals surface area (Å²) >= 11 is 1.43. The fraction of sp³-hybridized carbons (Fsp3) is 0.312. The van der Waals surface area contributed by atoms with Gasteiger partial charge in [0.25, 0.3) is 0 Å². The molecule has 2 N–H and O–H groups in total. The van der Waals surface area contributed by atoms with Gasteiger partial charge in [-0.3, -0.25) is 4.79 Å². The lowest BCUT2D eigenvalue weighted by Crippen LogP contribution is -2.17. The smallest absolute Gasteiger partial charge is 0.190 e. The number of aryl methyl sites for hydroxylation is 2. The zero-order valence-corrected chi connectivity index (χ0v) is 12.7. The van der Waals surface area contributed by atoms with Gasteiger partial charge in [-0.05, 0) is 31.7 Å². The normalized spacial score (nSPS) is 18.1. The van der Waals surface area contributed by atoms with Gasteiger partial charge in [0.1, 0.15) is 5.82 Å². The summed E-state index contributed by atoms with van der Waals surface area (Å²) in [5.74, 6) is 0.628. The average Bonchev–Trinajstić information content (AvgIpc) is 2.59. The first-order chi connectivity index (χ1) is 10.1. The number of nitrogen functional groups attached to an aromatic ring is 1. The SMILES string of the molecule is Cc1cc(N)nc(SC2CCCc3ccccc3C2=O)n1. The van der Waals surface area contributed by atoms with E-state index in [2.05, 4.69) is 9.97 Å². The van der Waals surface area contributed by atoms with Gasteiger partial charge < -0.3 is 5.73 Å². The molecule has 5 heteroatoms. The van der Waals surface area contributed by atoms with Crippen LogP contribution < -0.4 is 5.73 Å². The van der Waals surface area contributed by atoms with E-state index >= 15 is 0 Å². The van der Waals surface area contributed by atoms with E-state index < -0.39 is 0 Å². The number of ketones is 1. The number of aromatic nitrogens is 2. The Balaban J connectivity index is 1.87. The van der Waals surface area contributed by atoms with E-state index in [0.29, 0.717) is 11.0 Å². The van der Waals surface area contributed by atoms with Gasteiger partial charge in [-0.15, -0.1) is 0 Å². The van der Waals surface area contributed by atoms with Gasteiger partial charge in [0.05, 0.1) is 5.25 Å². The predicted octanol–water partition coefficient (Wildman–Crippen LogP) is 3.05. The summed E-state index contributed by atoms with van der Waals surface area (Å²) in [7, 11) is 0. The van der Waals surface area contributed by atoms with Crippen LogP contribution >= 0.6 is 11.8 Å². The molecular weight excluding hydrogens is 282 g/mol. The molecule has 0 amide bonds. The maximum atomic E-state index is 12.7. The van der Waals surface area contributed by atoms with Crippen molar-refractivity contribution in [2.75, 3.05) is 5.73 Å². The summed E-state index contributed by atoms with van der Waals surface area (Å²) in [5, 5.41) is 0.458. The minimum atomic E-state index is -0.130. The van der Waals surface area contributed by atoms with Crippen molar-refractivity contribution in [2.45, 2.75) is 36.6 Å². The third-order valence-corrected chi connectivity index (χ3v) is 4.72. The monoisotopic (exact) mass is 299 g/mol. The summed E-state index contributed by atoms with van der Waals surface area (Å²) < 4.78 is 0. The molecule has 1 heterocycles. The molecule has 3 rings (SSSR count). The highest BCUT2D eigenvalue weighted by Gasteiger charge is 2.27. The van der Waals surface area contributed by atoms with E-state index in [1.165, 1.54) is 11.8 Å². The van der Waals surface area contributed by atoms with Crippen LogP contribution in [0.4, 0.5) is 5.82 Å². The highest BCUT2D eigenvalue weighted by molar-refractivity contribution is 8.00. The number of carbonyl (C=O) groups excluding carboxylic acids is 1. The van der Waals surface area contributed by atoms with Gasteiger partial charge in [0.15, 0.2) is 10.9 Å². The number of hydrogen-bond donors (Lipinski definition) is 1. The first-order valence-electron chi connectivity index (χ1n) is 7.03. The number of Topliss-reactive ketones (excluding diaryl/α,β-unsaturated/α-hetero) is 1. The van der Waals surface area contributed by atoms with Crippen molar-refractivity contribution >= 4 is 23.4 Å². The molecule has 1 aromatic heterocycles. The molecule has 0 spiro atoms. The van der Waals surface area contributed by atoms with Crippen molar-refractivity contribution in [1.82, 2.24) is 9.97 Å². The largest absolute Gasteiger partial charge is 0.384 e. The molecule has 0 saturated heterocycles. The van der Waals surface area contributed by atoms with Crippen molar-refractivity contribution in [3.05, 3.63) is 47.2 Å². The topological polar surface area (TPSA) is 68.9 Å². The molecule has 1 aliphatic carbocycles. The second-order valence-corrected chi connectivity index (χ2v) is 6.41. The van der Waals surface area contributed by atoms with Crippen molar-refractivity contribution in [1.29, 1.82) is 0 Å². The Morgan fingerprint density at radius 3 is 2.90 bits per heavy atom. The van der Waals surface area contributed by atoms with E-state index in [-0.39, 0.29) is 11.0 Å². The van der Waals surface area contributed by atoms with Crippen molar-refractivity contribution in [3.8, 4) is 0 Å². The van der Waals surface area contributed by atoms with Crippen LogP contribution in [0.25, 0.3) is 0 Å². The minimum Gasteiger partial charge on any atom is -0.384 e. The van der Waals surface area contributed by atoms with Gasteiger partial charge in [0, 0.05) is 17.3 Å². The van der Waals surface area contributed by atoms with Crippen LogP contribution in [0.5, 0.6) is 0 Å². The van der Waals surface area contributed by atoms with Crippen LogP contribution in [-0.4, -0.2) is 21.0 Å². The molecule has 0 bridgehead atoms. The van der Waals surface area contributed by atoms with Gasteiger partial charge >= 0.3 is 0 Å². The van der Waals surface area contributed by atoms with E-state index in [1.54, 1.807) is 6.07 Å². The Kier molecular flexibility index (Phi) is 3.92. The number of hydrogen-bond acceptors (Lipinski definition) is 5. The fourth-order valence-electron chi connectivity index (χ4n) is 2.62. The molecule has 1 unspecified atom stereocenters. The molecule has 2 aromatic rings. The molecule has 108 valence electrons. The molecule has 0 saturated carbocycles. The number of nitrogens with two attached hydrogens (primary N) is 1. The Hall–Kier alpha value is -1.88. The predicted molar refractivity (Wildman–Crippen MR) is 84.5 cm³/mol. The number of thioether (sulfide) groups is 1. The van der Waals surface area contributed by atoms with Crippen molar-refractivity contribution < 1.29 is 4.79 Å². The summed E-state index contributed by atoms with van der Waals surface area (Å²) in [6.45, 7) is 1.88. The number of rotatable bonds is 2. The van der Waals surface area contributed by atoms with E-state index in [9.17, 15) is 4.79 Å². The number of benzene rings is 1. The number of anilines is 1. The minimum absolute atomic E-state index is 0.130. The molecular formula is C16H17N3OS. The van der Waals surface area contributed by atoms with E-state index in [4.69, 9.17) is 5.73 Å². The number of nitrogens with zero attached hydrogens (tertiary/aromatic N) is 2. The lowest BCUT2D eigenvalue weighted by Gasteiger charge is -2.12. The molecule has 1 atom stereocenters. The highest BCUT2D eigenvalue weighted by atomic mass is 32.2. The van der Waals surface area contributed by atoms with Crippen molar-refractivity contribution in [2.24, 2.45) is 0 Å². The Labute approximate surface area is 128 Å². The zero-order chi connectivity index (χ0) is 14.8. The van der Waals surface area contributed by atoms with Crippen LogP contribution in [0.3, 0.4) is 0 Å². The molecule has 0 aliphatic heterocycles. The Morgan fingerprint density at radius 1 is 1.29 bits per heavy atom. The first-order valence-corrected chi connectivity index (χ1v) is 7.91.